The van der Waals surface area contributed by atoms with Crippen LogP contribution in [0, 0.1) is 0 Å². The van der Waals surface area contributed by atoms with Crippen LogP contribution >= 0.6 is 11.3 Å². The maximum atomic E-state index is 12.6. The number of amides is 1. The van der Waals surface area contributed by atoms with Crippen LogP contribution in [0.4, 0.5) is 5.69 Å². The number of hydrogen-bond donors (Lipinski definition) is 0. The highest BCUT2D eigenvalue weighted by atomic mass is 32.1. The largest absolute Gasteiger partial charge is 0.482 e. The molecule has 2 aliphatic heterocycles. The molecule has 1 aromatic carbocycles. The van der Waals surface area contributed by atoms with Crippen molar-refractivity contribution in [2.75, 3.05) is 51.4 Å². The van der Waals surface area contributed by atoms with E-state index in [0.717, 1.165) is 53.8 Å². The number of rotatable bonds is 7. The third-order valence-corrected chi connectivity index (χ3v) is 6.27. The van der Waals surface area contributed by atoms with E-state index in [0.29, 0.717) is 13.2 Å². The summed E-state index contributed by atoms with van der Waals surface area (Å²) in [5, 5.41) is 3.12. The average Bonchev–Trinajstić information content (AvgIpc) is 3.21. The lowest BCUT2D eigenvalue weighted by atomic mass is 10.1. The van der Waals surface area contributed by atoms with Gasteiger partial charge in [0.2, 0.25) is 0 Å². The van der Waals surface area contributed by atoms with Crippen LogP contribution in [0.25, 0.3) is 11.3 Å². The molecule has 2 aromatic rings. The third-order valence-electron chi connectivity index (χ3n) is 5.36. The number of benzene rings is 1. The zero-order chi connectivity index (χ0) is 19.3. The normalized spacial score (nSPS) is 17.5. The molecule has 150 valence electrons. The molecular weight excluding hydrogens is 374 g/mol. The molecule has 0 bridgehead atoms. The van der Waals surface area contributed by atoms with Gasteiger partial charge in [-0.3, -0.25) is 4.79 Å². The molecule has 0 unspecified atom stereocenters. The van der Waals surface area contributed by atoms with Crippen LogP contribution in [0.1, 0.15) is 24.3 Å². The molecule has 6 nitrogen and oxygen atoms in total. The highest BCUT2D eigenvalue weighted by molar-refractivity contribution is 7.09. The number of methoxy groups -OCH3 is 1. The number of fused-ring (bicyclic) bond motifs is 1. The van der Waals surface area contributed by atoms with Gasteiger partial charge in [0.15, 0.2) is 6.61 Å². The van der Waals surface area contributed by atoms with Gasteiger partial charge >= 0.3 is 0 Å². The van der Waals surface area contributed by atoms with Crippen molar-refractivity contribution in [2.45, 2.75) is 25.7 Å². The van der Waals surface area contributed by atoms with Crippen LogP contribution in [0.2, 0.25) is 0 Å². The Balaban J connectivity index is 1.52. The standard InChI is InChI=1S/C21H27N3O3S/c1-26-12-7-20-22-17(15-28-20)16-5-6-19-18(13-16)24(21(25)14-27-19)11-10-23-8-3-2-4-9-23/h5-6,13,15H,2-4,7-12,14H2,1H3. The summed E-state index contributed by atoms with van der Waals surface area (Å²) in [4.78, 5) is 21.6. The molecule has 1 saturated heterocycles. The number of thiazole rings is 1. The number of anilines is 1. The van der Waals surface area contributed by atoms with E-state index in [2.05, 4.69) is 10.3 Å². The second-order valence-electron chi connectivity index (χ2n) is 7.29. The molecule has 7 heteroatoms. The number of carbonyl (C=O) groups is 1. The monoisotopic (exact) mass is 401 g/mol. The topological polar surface area (TPSA) is 54.9 Å². The van der Waals surface area contributed by atoms with Crippen LogP contribution in [0.3, 0.4) is 0 Å². The minimum atomic E-state index is 0.0284. The van der Waals surface area contributed by atoms with Crippen molar-refractivity contribution in [1.29, 1.82) is 0 Å². The second kappa shape index (κ2) is 9.03. The molecule has 0 atom stereocenters. The Labute approximate surface area is 170 Å². The number of hydrogen-bond acceptors (Lipinski definition) is 6. The first-order valence-corrected chi connectivity index (χ1v) is 10.9. The molecule has 2 aliphatic rings. The van der Waals surface area contributed by atoms with Gasteiger partial charge in [0.25, 0.3) is 5.91 Å². The first-order valence-electron chi connectivity index (χ1n) is 9.98. The Hall–Kier alpha value is -1.96. The van der Waals surface area contributed by atoms with Crippen molar-refractivity contribution in [3.8, 4) is 17.0 Å². The lowest BCUT2D eigenvalue weighted by Gasteiger charge is -2.33. The van der Waals surface area contributed by atoms with Gasteiger partial charge in [-0.05, 0) is 44.1 Å². The van der Waals surface area contributed by atoms with Gasteiger partial charge in [0.05, 0.1) is 23.0 Å². The first-order chi connectivity index (χ1) is 13.7. The van der Waals surface area contributed by atoms with Crippen LogP contribution in [0.15, 0.2) is 23.6 Å². The Kier molecular flexibility index (Phi) is 6.24. The van der Waals surface area contributed by atoms with Gasteiger partial charge < -0.3 is 19.3 Å². The highest BCUT2D eigenvalue weighted by Gasteiger charge is 2.26. The van der Waals surface area contributed by atoms with E-state index >= 15 is 0 Å². The van der Waals surface area contributed by atoms with Gasteiger partial charge in [-0.25, -0.2) is 4.98 Å². The molecule has 3 heterocycles. The number of carbonyl (C=O) groups excluding carboxylic acids is 1. The molecule has 0 radical (unpaired) electrons. The zero-order valence-electron chi connectivity index (χ0n) is 16.4. The van der Waals surface area contributed by atoms with Crippen molar-refractivity contribution in [3.63, 3.8) is 0 Å². The summed E-state index contributed by atoms with van der Waals surface area (Å²) in [6.45, 7) is 4.67. The highest BCUT2D eigenvalue weighted by Crippen LogP contribution is 2.36. The summed E-state index contributed by atoms with van der Waals surface area (Å²) < 4.78 is 10.8. The fraction of sp³-hybridized carbons (Fsp3) is 0.524. The Morgan fingerprint density at radius 3 is 2.89 bits per heavy atom. The molecule has 1 aromatic heterocycles. The predicted octanol–water partition coefficient (Wildman–Crippen LogP) is 3.21. The lowest BCUT2D eigenvalue weighted by Crippen LogP contribution is -2.44. The van der Waals surface area contributed by atoms with E-state index in [9.17, 15) is 4.79 Å². The van der Waals surface area contributed by atoms with Crippen molar-refractivity contribution < 1.29 is 14.3 Å². The van der Waals surface area contributed by atoms with Crippen molar-refractivity contribution in [2.24, 2.45) is 0 Å². The summed E-state index contributed by atoms with van der Waals surface area (Å²) in [7, 11) is 1.70. The van der Waals surface area contributed by atoms with E-state index in [1.807, 2.05) is 23.1 Å². The molecule has 0 aliphatic carbocycles. The zero-order valence-corrected chi connectivity index (χ0v) is 17.2. The maximum Gasteiger partial charge on any atom is 0.265 e. The lowest BCUT2D eigenvalue weighted by molar-refractivity contribution is -0.121. The quantitative estimate of drug-likeness (QED) is 0.713. The molecule has 0 spiro atoms. The molecule has 1 fully saturated rings. The van der Waals surface area contributed by atoms with E-state index in [4.69, 9.17) is 14.5 Å². The smallest absolute Gasteiger partial charge is 0.265 e. The maximum absolute atomic E-state index is 12.6. The van der Waals surface area contributed by atoms with Crippen LogP contribution in [-0.2, 0) is 16.0 Å². The molecule has 4 rings (SSSR count). The molecule has 0 N–H and O–H groups in total. The number of nitrogens with zero attached hydrogens (tertiary/aromatic N) is 3. The summed E-state index contributed by atoms with van der Waals surface area (Å²) >= 11 is 1.64. The number of ether oxygens (including phenoxy) is 2. The van der Waals surface area contributed by atoms with Crippen LogP contribution in [0.5, 0.6) is 5.75 Å². The summed E-state index contributed by atoms with van der Waals surface area (Å²) in [6, 6.07) is 6.02. The number of likely N-dealkylation sites (tertiary alicyclic amines) is 1. The predicted molar refractivity (Wildman–Crippen MR) is 111 cm³/mol. The minimum absolute atomic E-state index is 0.0284. The first kappa shape index (κ1) is 19.4. The summed E-state index contributed by atoms with van der Waals surface area (Å²) in [6.07, 6.45) is 4.65. The van der Waals surface area contributed by atoms with E-state index in [-0.39, 0.29) is 12.5 Å². The summed E-state index contributed by atoms with van der Waals surface area (Å²) in [5.74, 6) is 0.803. The van der Waals surface area contributed by atoms with Crippen molar-refractivity contribution in [3.05, 3.63) is 28.6 Å². The second-order valence-corrected chi connectivity index (χ2v) is 8.23. The van der Waals surface area contributed by atoms with Crippen molar-refractivity contribution in [1.82, 2.24) is 9.88 Å². The fourth-order valence-electron chi connectivity index (χ4n) is 3.78. The third kappa shape index (κ3) is 4.37. The van der Waals surface area contributed by atoms with Crippen molar-refractivity contribution >= 4 is 22.9 Å². The average molecular weight is 402 g/mol. The molecular formula is C21H27N3O3S. The SMILES string of the molecule is COCCc1nc(-c2ccc3c(c2)N(CCN2CCCCC2)C(=O)CO3)cs1. The van der Waals surface area contributed by atoms with E-state index < -0.39 is 0 Å². The van der Waals surface area contributed by atoms with Gasteiger partial charge in [-0.1, -0.05) is 6.42 Å². The molecule has 28 heavy (non-hydrogen) atoms. The fourth-order valence-corrected chi connectivity index (χ4v) is 4.57. The van der Waals surface area contributed by atoms with E-state index in [1.54, 1.807) is 18.4 Å². The molecule has 0 saturated carbocycles. The molecule has 1 amide bonds. The number of piperidine rings is 1. The van der Waals surface area contributed by atoms with Gasteiger partial charge in [-0.2, -0.15) is 0 Å². The Morgan fingerprint density at radius 1 is 1.21 bits per heavy atom. The summed E-state index contributed by atoms with van der Waals surface area (Å²) in [5.41, 5.74) is 2.81. The van der Waals surface area contributed by atoms with Crippen LogP contribution in [-0.4, -0.2) is 62.3 Å². The van der Waals surface area contributed by atoms with Crippen LogP contribution < -0.4 is 9.64 Å². The minimum Gasteiger partial charge on any atom is -0.482 e. The number of aromatic nitrogens is 1. The van der Waals surface area contributed by atoms with Gasteiger partial charge in [0, 0.05) is 37.6 Å². The van der Waals surface area contributed by atoms with Gasteiger partial charge in [-0.15, -0.1) is 11.3 Å². The van der Waals surface area contributed by atoms with Gasteiger partial charge in [0.1, 0.15) is 5.75 Å². The Morgan fingerprint density at radius 2 is 2.07 bits per heavy atom. The Bertz CT molecular complexity index is 817. The van der Waals surface area contributed by atoms with E-state index in [1.165, 1.54) is 19.3 Å².